The van der Waals surface area contributed by atoms with Crippen molar-refractivity contribution in [3.63, 3.8) is 0 Å². The quantitative estimate of drug-likeness (QED) is 0.443. The monoisotopic (exact) mass is 214 g/mol. The Kier molecular flexibility index (Phi) is 3.89. The number of aliphatic hydroxyl groups excluding tert-OH is 4. The first-order valence-electron chi connectivity index (χ1n) is 3.69. The molecule has 1 rings (SSSR count). The van der Waals surface area contributed by atoms with Crippen molar-refractivity contribution in [2.75, 3.05) is 6.61 Å². The second-order valence-corrected chi connectivity index (χ2v) is 3.51. The van der Waals surface area contributed by atoms with Crippen molar-refractivity contribution in [3.05, 3.63) is 0 Å². The maximum Gasteiger partial charge on any atom is 0.172 e. The van der Waals surface area contributed by atoms with Gasteiger partial charge in [0, 0.05) is 0 Å². The van der Waals surface area contributed by atoms with Crippen LogP contribution in [-0.2, 0) is 4.74 Å². The smallest absolute Gasteiger partial charge is 0.172 e. The van der Waals surface area contributed by atoms with Crippen LogP contribution in [-0.4, -0.2) is 56.9 Å². The van der Waals surface area contributed by atoms with Crippen LogP contribution < -0.4 is 0 Å². The van der Waals surface area contributed by atoms with Crippen molar-refractivity contribution in [2.45, 2.75) is 29.9 Å². The summed E-state index contributed by atoms with van der Waals surface area (Å²) in [6, 6.07) is 0. The molecule has 0 aromatic heterocycles. The molecule has 0 aromatic rings. The summed E-state index contributed by atoms with van der Waals surface area (Å²) in [5.41, 5.74) is 0. The fraction of sp³-hybridized carbons (Fsp3) is 1.00. The van der Waals surface area contributed by atoms with Crippen LogP contribution in [0.5, 0.6) is 0 Å². The van der Waals surface area contributed by atoms with Gasteiger partial charge in [-0.1, -0.05) is 0 Å². The molecule has 1 aliphatic rings. The van der Waals surface area contributed by atoms with E-state index in [4.69, 9.17) is 10.2 Å². The first kappa shape index (κ1) is 11.2. The van der Waals surface area contributed by atoms with Crippen molar-refractivity contribution in [1.82, 2.24) is 0 Å². The lowest BCUT2D eigenvalue weighted by molar-refractivity contribution is -0.235. The van der Waals surface area contributed by atoms with Crippen LogP contribution in [0.4, 0.5) is 3.89 Å². The van der Waals surface area contributed by atoms with E-state index in [0.29, 0.717) is 0 Å². The zero-order chi connectivity index (χ0) is 10.0. The third-order valence-electron chi connectivity index (χ3n) is 1.95. The van der Waals surface area contributed by atoms with E-state index in [1.165, 1.54) is 0 Å². The molecule has 1 heterocycles. The van der Waals surface area contributed by atoms with Gasteiger partial charge in [-0.15, -0.1) is 0 Å². The summed E-state index contributed by atoms with van der Waals surface area (Å²) < 4.78 is 16.8. The van der Waals surface area contributed by atoms with Gasteiger partial charge in [0.25, 0.3) is 0 Å². The third kappa shape index (κ3) is 2.12. The molecule has 0 bridgehead atoms. The van der Waals surface area contributed by atoms with Gasteiger partial charge in [-0.3, -0.25) is 0 Å². The van der Waals surface area contributed by atoms with Crippen LogP contribution in [0.2, 0.25) is 0 Å². The van der Waals surface area contributed by atoms with Crippen molar-refractivity contribution < 1.29 is 29.0 Å². The summed E-state index contributed by atoms with van der Waals surface area (Å²) in [6.07, 6.45) is -5.43. The number of hydrogen-bond acceptors (Lipinski definition) is 6. The molecule has 0 spiro atoms. The predicted octanol–water partition coefficient (Wildman–Crippen LogP) is -1.60. The lowest BCUT2D eigenvalue weighted by atomic mass is 10.0. The molecule has 1 aliphatic heterocycles. The lowest BCUT2D eigenvalue weighted by Crippen LogP contribution is -2.57. The Hall–Kier alpha value is 0.0800. The maximum absolute atomic E-state index is 12.1. The minimum Gasteiger partial charge on any atom is -0.394 e. The van der Waals surface area contributed by atoms with Crippen LogP contribution in [0.25, 0.3) is 0 Å². The van der Waals surface area contributed by atoms with Crippen LogP contribution in [0.3, 0.4) is 0 Å². The molecule has 4 N–H and O–H groups in total. The normalized spacial score (nSPS) is 46.4. The summed E-state index contributed by atoms with van der Waals surface area (Å²) in [5, 5.41) is 35.0. The standard InChI is InChI=1S/C6H11FO5S/c7-13-5-4(10)3(9)2(1-8)12-6(5)11/h2-6,8-11H,1H2. The molecule has 78 valence electrons. The Morgan fingerprint density at radius 1 is 1.23 bits per heavy atom. The molecule has 0 aromatic carbocycles. The Morgan fingerprint density at radius 2 is 1.85 bits per heavy atom. The lowest BCUT2D eigenvalue weighted by Gasteiger charge is -2.38. The first-order chi connectivity index (χ1) is 6.11. The van der Waals surface area contributed by atoms with Gasteiger partial charge < -0.3 is 25.2 Å². The van der Waals surface area contributed by atoms with E-state index >= 15 is 0 Å². The molecule has 13 heavy (non-hydrogen) atoms. The fourth-order valence-corrected chi connectivity index (χ4v) is 1.59. The van der Waals surface area contributed by atoms with Gasteiger partial charge in [0.05, 0.1) is 18.8 Å². The molecular weight excluding hydrogens is 203 g/mol. The molecule has 0 saturated carbocycles. The van der Waals surface area contributed by atoms with Crippen LogP contribution in [0.1, 0.15) is 0 Å². The minimum absolute atomic E-state index is 0.288. The molecule has 1 saturated heterocycles. The summed E-state index contributed by atoms with van der Waals surface area (Å²) in [4.78, 5) is 0. The summed E-state index contributed by atoms with van der Waals surface area (Å²) in [5.74, 6) is 0. The molecule has 5 atom stereocenters. The van der Waals surface area contributed by atoms with Crippen molar-refractivity contribution in [2.24, 2.45) is 0 Å². The van der Waals surface area contributed by atoms with Gasteiger partial charge in [0.1, 0.15) is 23.6 Å². The van der Waals surface area contributed by atoms with Crippen molar-refractivity contribution >= 4 is 12.1 Å². The van der Waals surface area contributed by atoms with Gasteiger partial charge in [-0.2, -0.15) is 3.89 Å². The van der Waals surface area contributed by atoms with Crippen LogP contribution in [0.15, 0.2) is 0 Å². The van der Waals surface area contributed by atoms with Gasteiger partial charge in [0.2, 0.25) is 0 Å². The second-order valence-electron chi connectivity index (χ2n) is 2.78. The molecule has 0 amide bonds. The van der Waals surface area contributed by atoms with E-state index in [1.807, 2.05) is 0 Å². The Morgan fingerprint density at radius 3 is 2.31 bits per heavy atom. The van der Waals surface area contributed by atoms with E-state index < -0.39 is 36.5 Å². The Balaban J connectivity index is 2.66. The highest BCUT2D eigenvalue weighted by Gasteiger charge is 2.44. The van der Waals surface area contributed by atoms with E-state index in [9.17, 15) is 14.1 Å². The highest BCUT2D eigenvalue weighted by molar-refractivity contribution is 7.95. The summed E-state index contributed by atoms with van der Waals surface area (Å²) in [6.45, 7) is -0.543. The molecule has 0 radical (unpaired) electrons. The van der Waals surface area contributed by atoms with Crippen molar-refractivity contribution in [1.29, 1.82) is 0 Å². The zero-order valence-corrected chi connectivity index (χ0v) is 7.39. The number of rotatable bonds is 2. The number of aliphatic hydroxyl groups is 4. The average Bonchev–Trinajstić information content (AvgIpc) is 2.12. The highest BCUT2D eigenvalue weighted by Crippen LogP contribution is 2.29. The molecule has 5 unspecified atom stereocenters. The summed E-state index contributed by atoms with van der Waals surface area (Å²) >= 11 is -0.288. The topological polar surface area (TPSA) is 90.2 Å². The molecule has 7 heteroatoms. The molecule has 5 nitrogen and oxygen atoms in total. The zero-order valence-electron chi connectivity index (χ0n) is 6.58. The maximum atomic E-state index is 12.1. The predicted molar refractivity (Wildman–Crippen MR) is 42.5 cm³/mol. The Bertz CT molecular complexity index is 171. The Labute approximate surface area is 78.4 Å². The first-order valence-corrected chi connectivity index (χ1v) is 4.47. The van der Waals surface area contributed by atoms with E-state index in [1.54, 1.807) is 0 Å². The van der Waals surface area contributed by atoms with Gasteiger partial charge >= 0.3 is 0 Å². The van der Waals surface area contributed by atoms with E-state index in [2.05, 4.69) is 4.74 Å². The second kappa shape index (κ2) is 4.54. The highest BCUT2D eigenvalue weighted by atomic mass is 32.2. The van der Waals surface area contributed by atoms with E-state index in [-0.39, 0.29) is 12.1 Å². The SMILES string of the molecule is OCC1OC(O)C(SF)C(O)C1O. The summed E-state index contributed by atoms with van der Waals surface area (Å²) in [7, 11) is 0. The number of ether oxygens (including phenoxy) is 1. The number of hydrogen-bond donors (Lipinski definition) is 4. The van der Waals surface area contributed by atoms with Crippen LogP contribution in [0, 0.1) is 0 Å². The number of halogens is 1. The van der Waals surface area contributed by atoms with E-state index in [0.717, 1.165) is 0 Å². The van der Waals surface area contributed by atoms with Gasteiger partial charge in [-0.25, -0.2) is 0 Å². The molecule has 1 fully saturated rings. The minimum atomic E-state index is -1.52. The molecule has 0 aliphatic carbocycles. The van der Waals surface area contributed by atoms with Gasteiger partial charge in [0.15, 0.2) is 6.29 Å². The fourth-order valence-electron chi connectivity index (χ4n) is 1.17. The largest absolute Gasteiger partial charge is 0.394 e. The third-order valence-corrected chi connectivity index (χ3v) is 2.66. The van der Waals surface area contributed by atoms with Gasteiger partial charge in [-0.05, 0) is 0 Å². The molecular formula is C6H11FO5S. The van der Waals surface area contributed by atoms with Crippen LogP contribution >= 0.6 is 12.1 Å². The average molecular weight is 214 g/mol. The van der Waals surface area contributed by atoms with Crippen molar-refractivity contribution in [3.8, 4) is 0 Å².